The van der Waals surface area contributed by atoms with Gasteiger partial charge in [0.2, 0.25) is 0 Å². The minimum absolute atomic E-state index is 0.112. The first kappa shape index (κ1) is 21.3. The van der Waals surface area contributed by atoms with Crippen LogP contribution in [0.5, 0.6) is 0 Å². The van der Waals surface area contributed by atoms with Crippen molar-refractivity contribution in [1.29, 1.82) is 0 Å². The predicted molar refractivity (Wildman–Crippen MR) is 115 cm³/mol. The molecule has 5 rings (SSSR count). The molecule has 1 fully saturated rings. The Kier molecular flexibility index (Phi) is 6.34. The monoisotopic (exact) mass is 438 g/mol. The lowest BCUT2D eigenvalue weighted by atomic mass is 9.95. The Morgan fingerprint density at radius 3 is 2.78 bits per heavy atom. The Bertz CT molecular complexity index is 1220. The first-order valence-corrected chi connectivity index (χ1v) is 10.3. The molecule has 166 valence electrons. The van der Waals surface area contributed by atoms with E-state index in [4.69, 9.17) is 10.3 Å². The van der Waals surface area contributed by atoms with Crippen LogP contribution in [0.15, 0.2) is 35.5 Å². The van der Waals surface area contributed by atoms with Crippen LogP contribution in [0.25, 0.3) is 22.4 Å². The molecule has 10 nitrogen and oxygen atoms in total. The number of nitrogens with two attached hydrogens (primary N) is 1. The Labute approximate surface area is 182 Å². The van der Waals surface area contributed by atoms with Crippen molar-refractivity contribution >= 4 is 22.8 Å². The van der Waals surface area contributed by atoms with E-state index in [1.807, 2.05) is 0 Å². The number of nitrogens with zero attached hydrogens (tertiary/aromatic N) is 5. The summed E-state index contributed by atoms with van der Waals surface area (Å²) in [6.45, 7) is 1.78. The molecule has 0 atom stereocenters. The minimum atomic E-state index is -0.634. The van der Waals surface area contributed by atoms with E-state index in [0.717, 1.165) is 24.4 Å². The normalized spacial score (nSPS) is 14.1. The third kappa shape index (κ3) is 4.88. The maximum atomic E-state index is 13.0. The molecule has 0 aromatic carbocycles. The van der Waals surface area contributed by atoms with Crippen molar-refractivity contribution in [2.45, 2.75) is 45.1 Å². The zero-order chi connectivity index (χ0) is 22.5. The molecular weight excluding hydrogens is 415 g/mol. The second-order valence-corrected chi connectivity index (χ2v) is 7.55. The summed E-state index contributed by atoms with van der Waals surface area (Å²) in [6, 6.07) is 1.99. The zero-order valence-corrected chi connectivity index (χ0v) is 17.5. The van der Waals surface area contributed by atoms with Gasteiger partial charge in [-0.1, -0.05) is 24.4 Å². The molecule has 4 aromatic rings. The molecule has 4 aromatic heterocycles. The number of anilines is 1. The van der Waals surface area contributed by atoms with Gasteiger partial charge < -0.3 is 20.6 Å². The Morgan fingerprint density at radius 2 is 2.06 bits per heavy atom. The van der Waals surface area contributed by atoms with Gasteiger partial charge in [-0.25, -0.2) is 24.3 Å². The first-order valence-electron chi connectivity index (χ1n) is 10.3. The third-order valence-electron chi connectivity index (χ3n) is 5.17. The number of nitrogen functional groups attached to an aromatic ring is 1. The number of carbonyl (C=O) groups excluding carboxylic acids is 1. The number of halogens is 1. The number of H-pyrrole nitrogens is 1. The van der Waals surface area contributed by atoms with Crippen molar-refractivity contribution in [3.05, 3.63) is 48.3 Å². The van der Waals surface area contributed by atoms with E-state index in [0.29, 0.717) is 34.5 Å². The molecule has 32 heavy (non-hydrogen) atoms. The fourth-order valence-corrected chi connectivity index (χ4v) is 3.53. The maximum Gasteiger partial charge on any atom is 0.273 e. The Balaban J connectivity index is 0.000000155. The van der Waals surface area contributed by atoms with Gasteiger partial charge in [0, 0.05) is 35.5 Å². The summed E-state index contributed by atoms with van der Waals surface area (Å²) in [6.07, 6.45) is 11.7. The molecule has 4 heterocycles. The lowest BCUT2D eigenvalue weighted by Crippen LogP contribution is -2.36. The van der Waals surface area contributed by atoms with Crippen molar-refractivity contribution in [3.63, 3.8) is 0 Å². The highest BCUT2D eigenvalue weighted by Crippen LogP contribution is 2.24. The SMILES string of the molecule is Cc1cc(C(=O)NC2CCCCC2)no1.Nc1nc(-c2c[nH]c3ncncc23)ncc1F. The van der Waals surface area contributed by atoms with E-state index in [2.05, 4.69) is 35.4 Å². The van der Waals surface area contributed by atoms with Gasteiger partial charge in [-0.15, -0.1) is 0 Å². The molecule has 0 aliphatic heterocycles. The summed E-state index contributed by atoms with van der Waals surface area (Å²) in [5.74, 6) is 0.0820. The van der Waals surface area contributed by atoms with Crippen LogP contribution in [0.2, 0.25) is 0 Å². The van der Waals surface area contributed by atoms with E-state index in [-0.39, 0.29) is 11.7 Å². The van der Waals surface area contributed by atoms with Crippen LogP contribution in [0, 0.1) is 12.7 Å². The summed E-state index contributed by atoms with van der Waals surface area (Å²) in [5.41, 5.74) is 7.15. The number of amides is 1. The average molecular weight is 438 g/mol. The average Bonchev–Trinajstić information content (AvgIpc) is 3.43. The molecule has 0 saturated heterocycles. The third-order valence-corrected chi connectivity index (χ3v) is 5.17. The molecule has 11 heteroatoms. The molecule has 0 bridgehead atoms. The largest absolute Gasteiger partial charge is 0.381 e. The highest BCUT2D eigenvalue weighted by molar-refractivity contribution is 5.92. The van der Waals surface area contributed by atoms with Crippen molar-refractivity contribution in [2.24, 2.45) is 0 Å². The second kappa shape index (κ2) is 9.50. The van der Waals surface area contributed by atoms with Gasteiger partial charge in [-0.3, -0.25) is 4.79 Å². The quantitative estimate of drug-likeness (QED) is 0.442. The summed E-state index contributed by atoms with van der Waals surface area (Å²) in [4.78, 5) is 30.4. The minimum Gasteiger partial charge on any atom is -0.381 e. The standard InChI is InChI=1S/C11H16N2O2.C10H7FN6/c1-8-7-10(13-15-8)11(14)12-9-5-3-2-4-6-9;11-7-3-15-10(17-8(7)12)6-2-14-9-5(6)1-13-4-16-9/h7,9H,2-6H2,1H3,(H,12,14);1-4H,(H2,12,15,17)(H,13,14,16). The number of carbonyl (C=O) groups is 1. The number of aromatic amines is 1. The molecule has 0 unspecified atom stereocenters. The van der Waals surface area contributed by atoms with Crippen LogP contribution in [0.4, 0.5) is 10.2 Å². The van der Waals surface area contributed by atoms with Crippen LogP contribution >= 0.6 is 0 Å². The molecule has 1 saturated carbocycles. The van der Waals surface area contributed by atoms with Crippen LogP contribution < -0.4 is 11.1 Å². The molecule has 1 aliphatic carbocycles. The number of aryl methyl sites for hydroxylation is 1. The molecule has 0 spiro atoms. The van der Waals surface area contributed by atoms with Crippen molar-refractivity contribution < 1.29 is 13.7 Å². The molecule has 1 amide bonds. The van der Waals surface area contributed by atoms with E-state index in [1.54, 1.807) is 25.4 Å². The maximum absolute atomic E-state index is 13.0. The number of nitrogens with one attached hydrogen (secondary N) is 2. The summed E-state index contributed by atoms with van der Waals surface area (Å²) in [7, 11) is 0. The van der Waals surface area contributed by atoms with Crippen molar-refractivity contribution in [1.82, 2.24) is 35.4 Å². The van der Waals surface area contributed by atoms with Gasteiger partial charge in [0.1, 0.15) is 17.7 Å². The Morgan fingerprint density at radius 1 is 1.25 bits per heavy atom. The fraction of sp³-hybridized carbons (Fsp3) is 0.333. The highest BCUT2D eigenvalue weighted by atomic mass is 19.1. The zero-order valence-electron chi connectivity index (χ0n) is 17.5. The summed E-state index contributed by atoms with van der Waals surface area (Å²) in [5, 5.41) is 7.44. The van der Waals surface area contributed by atoms with Crippen LogP contribution in [-0.4, -0.2) is 42.0 Å². The number of fused-ring (bicyclic) bond motifs is 1. The number of aromatic nitrogens is 6. The van der Waals surface area contributed by atoms with Crippen LogP contribution in [0.1, 0.15) is 48.4 Å². The number of rotatable bonds is 3. The molecule has 4 N–H and O–H groups in total. The van der Waals surface area contributed by atoms with Crippen LogP contribution in [-0.2, 0) is 0 Å². The van der Waals surface area contributed by atoms with Gasteiger partial charge in [-0.2, -0.15) is 0 Å². The second-order valence-electron chi connectivity index (χ2n) is 7.55. The summed E-state index contributed by atoms with van der Waals surface area (Å²) >= 11 is 0. The highest BCUT2D eigenvalue weighted by Gasteiger charge is 2.18. The predicted octanol–water partition coefficient (Wildman–Crippen LogP) is 3.18. The van der Waals surface area contributed by atoms with E-state index < -0.39 is 5.82 Å². The van der Waals surface area contributed by atoms with Gasteiger partial charge in [0.05, 0.1) is 6.20 Å². The smallest absolute Gasteiger partial charge is 0.273 e. The number of hydrogen-bond acceptors (Lipinski definition) is 8. The van der Waals surface area contributed by atoms with Gasteiger partial charge in [-0.05, 0) is 19.8 Å². The van der Waals surface area contributed by atoms with Crippen molar-refractivity contribution in [2.75, 3.05) is 5.73 Å². The van der Waals surface area contributed by atoms with E-state index >= 15 is 0 Å². The molecular formula is C21H23FN8O2. The summed E-state index contributed by atoms with van der Waals surface area (Å²) < 4.78 is 17.8. The van der Waals surface area contributed by atoms with E-state index in [1.165, 1.54) is 25.6 Å². The number of hydrogen-bond donors (Lipinski definition) is 3. The lowest BCUT2D eigenvalue weighted by molar-refractivity contribution is 0.0918. The Hall–Kier alpha value is -3.89. The van der Waals surface area contributed by atoms with Crippen molar-refractivity contribution in [3.8, 4) is 11.4 Å². The lowest BCUT2D eigenvalue weighted by Gasteiger charge is -2.22. The fourth-order valence-electron chi connectivity index (χ4n) is 3.53. The molecule has 0 radical (unpaired) electrons. The van der Waals surface area contributed by atoms with Crippen LogP contribution in [0.3, 0.4) is 0 Å². The topological polar surface area (TPSA) is 148 Å². The first-order chi connectivity index (χ1) is 15.5. The van der Waals surface area contributed by atoms with Gasteiger partial charge in [0.25, 0.3) is 5.91 Å². The van der Waals surface area contributed by atoms with E-state index in [9.17, 15) is 9.18 Å². The van der Waals surface area contributed by atoms with Gasteiger partial charge in [0.15, 0.2) is 23.2 Å². The molecule has 1 aliphatic rings. The van der Waals surface area contributed by atoms with Gasteiger partial charge >= 0.3 is 0 Å².